The van der Waals surface area contributed by atoms with Gasteiger partial charge >= 0.3 is 11.9 Å². The van der Waals surface area contributed by atoms with Crippen molar-refractivity contribution < 1.29 is 23.8 Å². The van der Waals surface area contributed by atoms with Crippen LogP contribution in [-0.2, 0) is 19.1 Å². The van der Waals surface area contributed by atoms with E-state index in [1.807, 2.05) is 24.3 Å². The van der Waals surface area contributed by atoms with Crippen LogP contribution < -0.4 is 4.74 Å². The zero-order valence-electron chi connectivity index (χ0n) is 15.7. The fraction of sp³-hybridized carbons (Fsp3) is 0.455. The molecule has 0 amide bonds. The minimum Gasteiger partial charge on any atom is -0.487 e. The molecule has 2 saturated heterocycles. The molecular weight excluding hydrogens is 344 g/mol. The summed E-state index contributed by atoms with van der Waals surface area (Å²) in [5, 5.41) is 0. The third-order valence-electron chi connectivity index (χ3n) is 5.01. The normalized spacial score (nSPS) is 23.3. The lowest BCUT2D eigenvalue weighted by molar-refractivity contribution is -0.142. The van der Waals surface area contributed by atoms with Gasteiger partial charge in [-0.2, -0.15) is 0 Å². The van der Waals surface area contributed by atoms with E-state index in [1.54, 1.807) is 0 Å². The maximum absolute atomic E-state index is 11.7. The van der Waals surface area contributed by atoms with E-state index in [2.05, 4.69) is 20.1 Å². The predicted molar refractivity (Wildman–Crippen MR) is 101 cm³/mol. The Bertz CT molecular complexity index is 702. The Hall–Kier alpha value is -2.56. The number of carbonyl (C=O) groups is 2. The van der Waals surface area contributed by atoms with E-state index >= 15 is 0 Å². The fourth-order valence-electron chi connectivity index (χ4n) is 3.40. The van der Waals surface area contributed by atoms with E-state index in [4.69, 9.17) is 14.2 Å². The lowest BCUT2D eigenvalue weighted by Gasteiger charge is -2.24. The number of ether oxygens (including phenoxy) is 3. The molecule has 2 aliphatic heterocycles. The summed E-state index contributed by atoms with van der Waals surface area (Å²) in [4.78, 5) is 23.2. The van der Waals surface area contributed by atoms with Gasteiger partial charge in [0, 0.05) is 24.0 Å². The highest BCUT2D eigenvalue weighted by molar-refractivity contribution is 5.90. The third-order valence-corrected chi connectivity index (χ3v) is 5.01. The molecule has 0 bridgehead atoms. The van der Waals surface area contributed by atoms with Gasteiger partial charge in [0.1, 0.15) is 24.1 Å². The van der Waals surface area contributed by atoms with Gasteiger partial charge in [0.05, 0.1) is 0 Å². The summed E-state index contributed by atoms with van der Waals surface area (Å²) in [6.07, 6.45) is 4.31. The molecule has 5 heteroatoms. The van der Waals surface area contributed by atoms with Gasteiger partial charge in [0.25, 0.3) is 0 Å². The van der Waals surface area contributed by atoms with Crippen LogP contribution in [0.5, 0.6) is 5.75 Å². The van der Waals surface area contributed by atoms with Crippen LogP contribution in [0, 0.1) is 0 Å². The quantitative estimate of drug-likeness (QED) is 0.385. The Labute approximate surface area is 160 Å². The highest BCUT2D eigenvalue weighted by Crippen LogP contribution is 2.33. The molecule has 1 aromatic rings. The summed E-state index contributed by atoms with van der Waals surface area (Å²) >= 11 is 0. The highest BCUT2D eigenvalue weighted by atomic mass is 16.6. The van der Waals surface area contributed by atoms with Crippen LogP contribution in [0.1, 0.15) is 57.1 Å². The van der Waals surface area contributed by atoms with Crippen molar-refractivity contribution in [3.63, 3.8) is 0 Å². The number of rotatable bonds is 8. The Morgan fingerprint density at radius 3 is 2.26 bits per heavy atom. The molecule has 27 heavy (non-hydrogen) atoms. The van der Waals surface area contributed by atoms with Gasteiger partial charge in [-0.3, -0.25) is 0 Å². The van der Waals surface area contributed by atoms with E-state index in [9.17, 15) is 9.59 Å². The van der Waals surface area contributed by atoms with E-state index in [1.165, 1.54) is 0 Å². The summed E-state index contributed by atoms with van der Waals surface area (Å²) in [6, 6.07) is 7.52. The predicted octanol–water partition coefficient (Wildman–Crippen LogP) is 4.43. The lowest BCUT2D eigenvalue weighted by atomic mass is 10.0. The smallest absolute Gasteiger partial charge is 0.334 e. The van der Waals surface area contributed by atoms with Crippen molar-refractivity contribution in [1.82, 2.24) is 0 Å². The molecule has 5 nitrogen and oxygen atoms in total. The first kappa shape index (κ1) is 19.2. The van der Waals surface area contributed by atoms with Gasteiger partial charge in [-0.05, 0) is 30.5 Å². The summed E-state index contributed by atoms with van der Waals surface area (Å²) in [7, 11) is 0. The molecular formula is C22H26O5. The Balaban J connectivity index is 1.66. The zero-order chi connectivity index (χ0) is 19.4. The number of unbranched alkanes of at least 4 members (excludes halogenated alkanes) is 2. The molecule has 3 unspecified atom stereocenters. The molecule has 0 saturated carbocycles. The first-order valence-corrected chi connectivity index (χ1v) is 9.52. The third kappa shape index (κ3) is 4.59. The SMILES string of the molecule is C=C1CC(c2ccc(OC(CCCCC)C3CC(=C)C(=O)O3)cc2)OC1=O. The van der Waals surface area contributed by atoms with E-state index in [0.717, 1.165) is 31.2 Å². The number of carbonyl (C=O) groups excluding carboxylic acids is 2. The first-order valence-electron chi connectivity index (χ1n) is 9.52. The van der Waals surface area contributed by atoms with Crippen molar-refractivity contribution in [2.24, 2.45) is 0 Å². The standard InChI is InChI=1S/C22H26O5/c1-4-5-6-7-18(20-13-15(3)22(24)27-20)25-17-10-8-16(9-11-17)19-12-14(2)21(23)26-19/h8-11,18-20H,2-7,12-13H2,1H3. The molecule has 1 aromatic carbocycles. The van der Waals surface area contributed by atoms with E-state index < -0.39 is 0 Å². The van der Waals surface area contributed by atoms with Crippen LogP contribution in [0.25, 0.3) is 0 Å². The number of hydrogen-bond donors (Lipinski definition) is 0. The molecule has 0 aromatic heterocycles. The van der Waals surface area contributed by atoms with Crippen molar-refractivity contribution in [1.29, 1.82) is 0 Å². The Kier molecular flexibility index (Phi) is 5.99. The monoisotopic (exact) mass is 370 g/mol. The minimum atomic E-state index is -0.334. The second-order valence-electron chi connectivity index (χ2n) is 7.17. The maximum Gasteiger partial charge on any atom is 0.334 e. The van der Waals surface area contributed by atoms with Crippen LogP contribution in [0.3, 0.4) is 0 Å². The Morgan fingerprint density at radius 2 is 1.70 bits per heavy atom. The molecule has 0 spiro atoms. The molecule has 2 heterocycles. The fourth-order valence-corrected chi connectivity index (χ4v) is 3.40. The number of esters is 2. The summed E-state index contributed by atoms with van der Waals surface area (Å²) in [5.41, 5.74) is 1.92. The van der Waals surface area contributed by atoms with Gasteiger partial charge < -0.3 is 14.2 Å². The summed E-state index contributed by atoms with van der Waals surface area (Å²) in [5.74, 6) is 0.0410. The maximum atomic E-state index is 11.7. The molecule has 3 rings (SSSR count). The molecule has 2 fully saturated rings. The van der Waals surface area contributed by atoms with Gasteiger partial charge in [-0.1, -0.05) is 45.1 Å². The highest BCUT2D eigenvalue weighted by Gasteiger charge is 2.35. The molecule has 2 aliphatic rings. The van der Waals surface area contributed by atoms with Crippen LogP contribution in [0.15, 0.2) is 48.6 Å². The second-order valence-corrected chi connectivity index (χ2v) is 7.17. The van der Waals surface area contributed by atoms with Gasteiger partial charge in [-0.25, -0.2) is 9.59 Å². The average molecular weight is 370 g/mol. The van der Waals surface area contributed by atoms with Crippen molar-refractivity contribution in [3.05, 3.63) is 54.1 Å². The first-order chi connectivity index (χ1) is 13.0. The van der Waals surface area contributed by atoms with E-state index in [-0.39, 0.29) is 30.3 Å². The van der Waals surface area contributed by atoms with Crippen LogP contribution in [0.2, 0.25) is 0 Å². The lowest BCUT2D eigenvalue weighted by Crippen LogP contribution is -2.31. The van der Waals surface area contributed by atoms with Crippen molar-refractivity contribution in [2.45, 2.75) is 63.8 Å². The van der Waals surface area contributed by atoms with Crippen LogP contribution in [-0.4, -0.2) is 24.1 Å². The molecule has 144 valence electrons. The minimum absolute atomic E-state index is 0.199. The molecule has 3 atom stereocenters. The van der Waals surface area contributed by atoms with E-state index in [0.29, 0.717) is 29.7 Å². The largest absolute Gasteiger partial charge is 0.487 e. The number of cyclic esters (lactones) is 2. The topological polar surface area (TPSA) is 61.8 Å². The van der Waals surface area contributed by atoms with Crippen molar-refractivity contribution >= 4 is 11.9 Å². The van der Waals surface area contributed by atoms with Gasteiger partial charge in [-0.15, -0.1) is 0 Å². The summed E-state index contributed by atoms with van der Waals surface area (Å²) < 4.78 is 16.9. The zero-order valence-corrected chi connectivity index (χ0v) is 15.7. The van der Waals surface area contributed by atoms with Crippen LogP contribution >= 0.6 is 0 Å². The Morgan fingerprint density at radius 1 is 1.04 bits per heavy atom. The van der Waals surface area contributed by atoms with Gasteiger partial charge in [0.2, 0.25) is 0 Å². The average Bonchev–Trinajstić information content (AvgIpc) is 3.17. The molecule has 0 N–H and O–H groups in total. The number of hydrogen-bond acceptors (Lipinski definition) is 5. The van der Waals surface area contributed by atoms with Crippen molar-refractivity contribution in [3.8, 4) is 5.75 Å². The molecule has 0 aliphatic carbocycles. The summed E-state index contributed by atoms with van der Waals surface area (Å²) in [6.45, 7) is 9.62. The van der Waals surface area contributed by atoms with Gasteiger partial charge in [0.15, 0.2) is 0 Å². The number of benzene rings is 1. The van der Waals surface area contributed by atoms with Crippen molar-refractivity contribution in [2.75, 3.05) is 0 Å². The molecule has 0 radical (unpaired) electrons. The van der Waals surface area contributed by atoms with Crippen LogP contribution in [0.4, 0.5) is 0 Å². The second kappa shape index (κ2) is 8.42.